The Morgan fingerprint density at radius 1 is 1.56 bits per heavy atom. The molecule has 1 heterocycles. The second-order valence-corrected chi connectivity index (χ2v) is 4.48. The van der Waals surface area contributed by atoms with E-state index in [0.29, 0.717) is 13.2 Å². The summed E-state index contributed by atoms with van der Waals surface area (Å²) in [6.07, 6.45) is -0.216. The highest BCUT2D eigenvalue weighted by atomic mass is 19.1. The average Bonchev–Trinajstić information content (AvgIpc) is 2.33. The number of halogens is 1. The Bertz CT molecular complexity index is 451. The van der Waals surface area contributed by atoms with E-state index in [2.05, 4.69) is 10.6 Å². The Morgan fingerprint density at radius 2 is 2.33 bits per heavy atom. The number of aryl methyl sites for hydroxylation is 1. The van der Waals surface area contributed by atoms with Crippen LogP contribution in [0.25, 0.3) is 0 Å². The number of hydrogen-bond acceptors (Lipinski definition) is 3. The van der Waals surface area contributed by atoms with Crippen LogP contribution in [0, 0.1) is 12.7 Å². The first-order valence-electron chi connectivity index (χ1n) is 6.00. The van der Waals surface area contributed by atoms with E-state index in [1.165, 1.54) is 6.07 Å². The first kappa shape index (κ1) is 13.0. The molecule has 1 aliphatic heterocycles. The standard InChI is InChI=1S/C13H17FN2O2/c1-8-3-4-11(10(14)7-8)16-13(17)12-9(2)18-6-5-15-12/h3-4,7,9,12,15H,5-6H2,1-2H3,(H,16,17)/t9-,12+/m1/s1. The first-order valence-corrected chi connectivity index (χ1v) is 6.00. The highest BCUT2D eigenvalue weighted by Crippen LogP contribution is 2.16. The third-order valence-corrected chi connectivity index (χ3v) is 2.98. The lowest BCUT2D eigenvalue weighted by Gasteiger charge is -2.29. The van der Waals surface area contributed by atoms with Crippen molar-refractivity contribution in [3.8, 4) is 0 Å². The van der Waals surface area contributed by atoms with Gasteiger partial charge < -0.3 is 15.4 Å². The predicted octanol–water partition coefficient (Wildman–Crippen LogP) is 1.45. The number of anilines is 1. The molecule has 4 nitrogen and oxygen atoms in total. The van der Waals surface area contributed by atoms with Gasteiger partial charge in [0.2, 0.25) is 5.91 Å². The summed E-state index contributed by atoms with van der Waals surface area (Å²) in [6, 6.07) is 4.27. The highest BCUT2D eigenvalue weighted by Gasteiger charge is 2.28. The van der Waals surface area contributed by atoms with Gasteiger partial charge in [0.1, 0.15) is 11.9 Å². The maximum atomic E-state index is 13.6. The van der Waals surface area contributed by atoms with E-state index in [1.54, 1.807) is 19.1 Å². The largest absolute Gasteiger partial charge is 0.375 e. The number of ether oxygens (including phenoxy) is 1. The van der Waals surface area contributed by atoms with Gasteiger partial charge in [0, 0.05) is 6.54 Å². The summed E-state index contributed by atoms with van der Waals surface area (Å²) in [4.78, 5) is 12.0. The molecule has 1 aliphatic rings. The second-order valence-electron chi connectivity index (χ2n) is 4.48. The summed E-state index contributed by atoms with van der Waals surface area (Å²) >= 11 is 0. The number of morpholine rings is 1. The Hall–Kier alpha value is -1.46. The van der Waals surface area contributed by atoms with E-state index in [0.717, 1.165) is 5.56 Å². The van der Waals surface area contributed by atoms with Gasteiger partial charge in [0.25, 0.3) is 0 Å². The number of carbonyl (C=O) groups is 1. The molecule has 1 saturated heterocycles. The van der Waals surface area contributed by atoms with E-state index < -0.39 is 11.9 Å². The van der Waals surface area contributed by atoms with Crippen molar-refractivity contribution in [2.24, 2.45) is 0 Å². The van der Waals surface area contributed by atoms with E-state index in [1.807, 2.05) is 6.92 Å². The number of carbonyl (C=O) groups excluding carboxylic acids is 1. The molecule has 0 bridgehead atoms. The maximum Gasteiger partial charge on any atom is 0.244 e. The fraction of sp³-hybridized carbons (Fsp3) is 0.462. The molecule has 0 aliphatic carbocycles. The summed E-state index contributed by atoms with van der Waals surface area (Å²) in [5, 5.41) is 5.64. The Balaban J connectivity index is 2.06. The van der Waals surface area contributed by atoms with Gasteiger partial charge in [-0.25, -0.2) is 4.39 Å². The molecule has 2 rings (SSSR count). The average molecular weight is 252 g/mol. The molecular weight excluding hydrogens is 235 g/mol. The lowest BCUT2D eigenvalue weighted by atomic mass is 10.1. The summed E-state index contributed by atoms with van der Waals surface area (Å²) < 4.78 is 19.0. The van der Waals surface area contributed by atoms with Crippen LogP contribution in [0.4, 0.5) is 10.1 Å². The van der Waals surface area contributed by atoms with Gasteiger partial charge in [-0.2, -0.15) is 0 Å². The van der Waals surface area contributed by atoms with E-state index >= 15 is 0 Å². The normalized spacial score (nSPS) is 23.7. The first-order chi connectivity index (χ1) is 8.58. The minimum absolute atomic E-state index is 0.199. The molecule has 1 aromatic rings. The number of nitrogens with one attached hydrogen (secondary N) is 2. The fourth-order valence-corrected chi connectivity index (χ4v) is 1.96. The van der Waals surface area contributed by atoms with Crippen molar-refractivity contribution in [2.45, 2.75) is 26.0 Å². The molecule has 1 fully saturated rings. The lowest BCUT2D eigenvalue weighted by molar-refractivity contribution is -0.123. The summed E-state index contributed by atoms with van der Waals surface area (Å²) in [6.45, 7) is 4.83. The molecule has 0 unspecified atom stereocenters. The van der Waals surface area contributed by atoms with Crippen LogP contribution in [0.5, 0.6) is 0 Å². The SMILES string of the molecule is Cc1ccc(NC(=O)[C@H]2NCCO[C@@H]2C)c(F)c1. The van der Waals surface area contributed by atoms with Gasteiger partial charge in [-0.1, -0.05) is 6.07 Å². The van der Waals surface area contributed by atoms with Crippen molar-refractivity contribution in [3.05, 3.63) is 29.6 Å². The van der Waals surface area contributed by atoms with Crippen molar-refractivity contribution >= 4 is 11.6 Å². The Labute approximate surface area is 106 Å². The fourth-order valence-electron chi connectivity index (χ4n) is 1.96. The monoisotopic (exact) mass is 252 g/mol. The Kier molecular flexibility index (Phi) is 3.93. The number of rotatable bonds is 2. The van der Waals surface area contributed by atoms with Crippen molar-refractivity contribution in [1.29, 1.82) is 0 Å². The van der Waals surface area contributed by atoms with Crippen LogP contribution in [0.15, 0.2) is 18.2 Å². The molecule has 1 aromatic carbocycles. The van der Waals surface area contributed by atoms with Gasteiger partial charge in [0.15, 0.2) is 0 Å². The summed E-state index contributed by atoms with van der Waals surface area (Å²) in [5.74, 6) is -0.697. The summed E-state index contributed by atoms with van der Waals surface area (Å²) in [7, 11) is 0. The molecule has 5 heteroatoms. The zero-order valence-corrected chi connectivity index (χ0v) is 10.5. The van der Waals surface area contributed by atoms with E-state index in [4.69, 9.17) is 4.74 Å². The number of hydrogen-bond donors (Lipinski definition) is 2. The van der Waals surface area contributed by atoms with Crippen LogP contribution in [0.2, 0.25) is 0 Å². The van der Waals surface area contributed by atoms with Crippen LogP contribution in [-0.4, -0.2) is 31.2 Å². The molecule has 1 amide bonds. The van der Waals surface area contributed by atoms with Crippen molar-refractivity contribution in [1.82, 2.24) is 5.32 Å². The third-order valence-electron chi connectivity index (χ3n) is 2.98. The maximum absolute atomic E-state index is 13.6. The quantitative estimate of drug-likeness (QED) is 0.837. The van der Waals surface area contributed by atoms with Gasteiger partial charge in [0.05, 0.1) is 18.4 Å². The van der Waals surface area contributed by atoms with Crippen LogP contribution in [0.1, 0.15) is 12.5 Å². The van der Waals surface area contributed by atoms with Gasteiger partial charge in [-0.05, 0) is 31.5 Å². The second kappa shape index (κ2) is 5.46. The molecule has 18 heavy (non-hydrogen) atoms. The van der Waals surface area contributed by atoms with Crippen LogP contribution in [-0.2, 0) is 9.53 Å². The molecule has 2 atom stereocenters. The van der Waals surface area contributed by atoms with Gasteiger partial charge in [-0.15, -0.1) is 0 Å². The van der Waals surface area contributed by atoms with Crippen LogP contribution in [0.3, 0.4) is 0 Å². The zero-order chi connectivity index (χ0) is 13.1. The van der Waals surface area contributed by atoms with Crippen molar-refractivity contribution in [2.75, 3.05) is 18.5 Å². The molecule has 0 aromatic heterocycles. The Morgan fingerprint density at radius 3 is 3.00 bits per heavy atom. The van der Waals surface area contributed by atoms with Gasteiger partial charge in [-0.3, -0.25) is 4.79 Å². The number of amides is 1. The third kappa shape index (κ3) is 2.86. The van der Waals surface area contributed by atoms with Crippen molar-refractivity contribution < 1.29 is 13.9 Å². The van der Waals surface area contributed by atoms with E-state index in [-0.39, 0.29) is 17.7 Å². The lowest BCUT2D eigenvalue weighted by Crippen LogP contribution is -2.53. The highest BCUT2D eigenvalue weighted by molar-refractivity contribution is 5.95. The molecule has 0 radical (unpaired) electrons. The minimum Gasteiger partial charge on any atom is -0.375 e. The van der Waals surface area contributed by atoms with Gasteiger partial charge >= 0.3 is 0 Å². The van der Waals surface area contributed by atoms with Crippen LogP contribution >= 0.6 is 0 Å². The topological polar surface area (TPSA) is 50.4 Å². The minimum atomic E-state index is -0.445. The summed E-state index contributed by atoms with van der Waals surface area (Å²) in [5.41, 5.74) is 1.02. The molecule has 2 N–H and O–H groups in total. The smallest absolute Gasteiger partial charge is 0.244 e. The van der Waals surface area contributed by atoms with E-state index in [9.17, 15) is 9.18 Å². The molecule has 0 spiro atoms. The van der Waals surface area contributed by atoms with Crippen LogP contribution < -0.4 is 10.6 Å². The number of benzene rings is 1. The predicted molar refractivity (Wildman–Crippen MR) is 67.0 cm³/mol. The molecular formula is C13H17FN2O2. The van der Waals surface area contributed by atoms with Crippen molar-refractivity contribution in [3.63, 3.8) is 0 Å². The molecule has 0 saturated carbocycles. The zero-order valence-electron chi connectivity index (χ0n) is 10.5. The molecule has 98 valence electrons.